The fraction of sp³-hybridized carbons (Fsp3) is 0.250. The molecule has 0 saturated heterocycles. The Hall–Kier alpha value is -2.17. The van der Waals surface area contributed by atoms with Crippen LogP contribution in [0.3, 0.4) is 0 Å². The summed E-state index contributed by atoms with van der Waals surface area (Å²) >= 11 is 0. The molecule has 0 unspecified atom stereocenters. The molecule has 0 spiro atoms. The molecule has 17 heavy (non-hydrogen) atoms. The first-order chi connectivity index (χ1) is 8.08. The van der Waals surface area contributed by atoms with E-state index in [4.69, 9.17) is 0 Å². The van der Waals surface area contributed by atoms with Crippen molar-refractivity contribution in [2.75, 3.05) is 0 Å². The molecule has 0 aliphatic carbocycles. The summed E-state index contributed by atoms with van der Waals surface area (Å²) in [7, 11) is 1.65. The van der Waals surface area contributed by atoms with Crippen LogP contribution in [0.5, 0.6) is 0 Å². The summed E-state index contributed by atoms with van der Waals surface area (Å²) in [4.78, 5) is 11.6. The highest BCUT2D eigenvalue weighted by atomic mass is 16.1. The Morgan fingerprint density at radius 1 is 1.12 bits per heavy atom. The van der Waals surface area contributed by atoms with Crippen LogP contribution in [-0.4, -0.2) is 9.78 Å². The van der Waals surface area contributed by atoms with Crippen LogP contribution in [0.2, 0.25) is 0 Å². The number of hydrogen-bond donors (Lipinski definition) is 1. The molecule has 0 amide bonds. The molecule has 2 rings (SSSR count). The van der Waals surface area contributed by atoms with Gasteiger partial charge in [0.2, 0.25) is 0 Å². The van der Waals surface area contributed by atoms with E-state index in [1.54, 1.807) is 14.0 Å². The van der Waals surface area contributed by atoms with E-state index in [0.29, 0.717) is 11.4 Å². The van der Waals surface area contributed by atoms with Crippen molar-refractivity contribution in [3.8, 4) is 0 Å². The molecule has 1 N–H and O–H groups in total. The van der Waals surface area contributed by atoms with Crippen molar-refractivity contribution in [1.82, 2.24) is 9.78 Å². The zero-order chi connectivity index (χ0) is 12.4. The molecule has 0 bridgehead atoms. The lowest BCUT2D eigenvalue weighted by Gasteiger charge is -1.92. The molecule has 88 valence electrons. The normalized spacial score (nSPS) is 11.2. The number of nitrogens with one attached hydrogen (secondary N) is 1. The summed E-state index contributed by atoms with van der Waals surface area (Å²) in [6.45, 7) is 3.80. The highest BCUT2D eigenvalue weighted by Crippen LogP contribution is 2.17. The second-order valence-corrected chi connectivity index (χ2v) is 3.99. The topological polar surface area (TPSA) is 62.5 Å². The summed E-state index contributed by atoms with van der Waals surface area (Å²) < 4.78 is 1.39. The molecule has 2 aromatic rings. The lowest BCUT2D eigenvalue weighted by Crippen LogP contribution is -2.10. The summed E-state index contributed by atoms with van der Waals surface area (Å²) in [5.74, 6) is 0. The highest BCUT2D eigenvalue weighted by molar-refractivity contribution is 5.42. The van der Waals surface area contributed by atoms with Crippen LogP contribution in [0, 0.1) is 13.8 Å². The van der Waals surface area contributed by atoms with Gasteiger partial charge in [-0.15, -0.1) is 5.11 Å². The van der Waals surface area contributed by atoms with E-state index in [1.165, 1.54) is 4.68 Å². The highest BCUT2D eigenvalue weighted by Gasteiger charge is 2.07. The Bertz CT molecular complexity index is 604. The van der Waals surface area contributed by atoms with Gasteiger partial charge in [0.05, 0.1) is 11.4 Å². The molecule has 0 fully saturated rings. The maximum atomic E-state index is 11.6. The first-order valence-electron chi connectivity index (χ1n) is 5.32. The van der Waals surface area contributed by atoms with E-state index < -0.39 is 0 Å². The first kappa shape index (κ1) is 11.3. The van der Waals surface area contributed by atoms with Gasteiger partial charge in [-0.25, -0.2) is 0 Å². The fourth-order valence-corrected chi connectivity index (χ4v) is 1.51. The number of rotatable bonds is 2. The van der Waals surface area contributed by atoms with Crippen molar-refractivity contribution < 1.29 is 0 Å². The van der Waals surface area contributed by atoms with Gasteiger partial charge >= 0.3 is 0 Å². The maximum absolute atomic E-state index is 11.6. The van der Waals surface area contributed by atoms with Crippen molar-refractivity contribution in [3.63, 3.8) is 0 Å². The van der Waals surface area contributed by atoms with Gasteiger partial charge in [0.1, 0.15) is 0 Å². The average molecular weight is 230 g/mol. The molecular formula is C12H14N4O. The van der Waals surface area contributed by atoms with E-state index >= 15 is 0 Å². The molecule has 0 aliphatic heterocycles. The number of nitrogens with zero attached hydrogens (tertiary/aromatic N) is 3. The van der Waals surface area contributed by atoms with Crippen LogP contribution >= 0.6 is 0 Å². The van der Waals surface area contributed by atoms with Crippen LogP contribution in [0.25, 0.3) is 0 Å². The number of hydrogen-bond acceptors (Lipinski definition) is 3. The number of aromatic nitrogens is 2. The zero-order valence-electron chi connectivity index (χ0n) is 10.1. The quantitative estimate of drug-likeness (QED) is 0.792. The molecule has 0 aliphatic rings. The van der Waals surface area contributed by atoms with Gasteiger partial charge in [0.15, 0.2) is 5.69 Å². The molecular weight excluding hydrogens is 216 g/mol. The predicted octanol–water partition coefficient (Wildman–Crippen LogP) is 2.75. The third kappa shape index (κ3) is 2.33. The summed E-state index contributed by atoms with van der Waals surface area (Å²) in [5.41, 5.74) is 2.80. The van der Waals surface area contributed by atoms with E-state index in [-0.39, 0.29) is 5.56 Å². The molecule has 0 saturated carbocycles. The molecule has 1 aromatic heterocycles. The average Bonchev–Trinajstić information content (AvgIpc) is 2.54. The Balaban J connectivity index is 2.32. The number of H-pyrrole nitrogens is 1. The van der Waals surface area contributed by atoms with E-state index in [0.717, 1.165) is 11.3 Å². The molecule has 0 radical (unpaired) electrons. The molecule has 1 aromatic carbocycles. The van der Waals surface area contributed by atoms with Gasteiger partial charge in [-0.1, -0.05) is 17.7 Å². The minimum atomic E-state index is -0.168. The predicted molar refractivity (Wildman–Crippen MR) is 66.1 cm³/mol. The Kier molecular flexibility index (Phi) is 2.91. The summed E-state index contributed by atoms with van der Waals surface area (Å²) in [6, 6.07) is 7.64. The van der Waals surface area contributed by atoms with Gasteiger partial charge in [-0.3, -0.25) is 14.6 Å². The van der Waals surface area contributed by atoms with Crippen LogP contribution < -0.4 is 5.56 Å². The van der Waals surface area contributed by atoms with Crippen LogP contribution in [-0.2, 0) is 7.05 Å². The number of benzene rings is 1. The number of aryl methyl sites for hydroxylation is 3. The molecule has 1 heterocycles. The zero-order valence-corrected chi connectivity index (χ0v) is 10.1. The maximum Gasteiger partial charge on any atom is 0.294 e. The van der Waals surface area contributed by atoms with Crippen molar-refractivity contribution in [2.24, 2.45) is 17.3 Å². The standard InChI is InChI=1S/C12H14N4O/c1-8-4-6-10(7-5-8)13-14-11-9(2)15-16(3)12(11)17/h4-7,15H,1-3H3. The Morgan fingerprint density at radius 3 is 2.29 bits per heavy atom. The lowest BCUT2D eigenvalue weighted by atomic mass is 10.2. The van der Waals surface area contributed by atoms with Gasteiger partial charge < -0.3 is 0 Å². The van der Waals surface area contributed by atoms with Crippen molar-refractivity contribution in [1.29, 1.82) is 0 Å². The van der Waals surface area contributed by atoms with Crippen molar-refractivity contribution in [2.45, 2.75) is 13.8 Å². The van der Waals surface area contributed by atoms with Gasteiger partial charge in [0, 0.05) is 7.05 Å². The van der Waals surface area contributed by atoms with Crippen LogP contribution in [0.4, 0.5) is 11.4 Å². The smallest absolute Gasteiger partial charge is 0.294 e. The Morgan fingerprint density at radius 2 is 1.76 bits per heavy atom. The SMILES string of the molecule is Cc1ccc(N=Nc2c(C)[nH]n(C)c2=O)cc1. The summed E-state index contributed by atoms with van der Waals surface area (Å²) in [5, 5.41) is 10.9. The minimum Gasteiger partial charge on any atom is -0.298 e. The van der Waals surface area contributed by atoms with E-state index in [9.17, 15) is 4.79 Å². The lowest BCUT2D eigenvalue weighted by molar-refractivity contribution is 0.731. The molecule has 5 heteroatoms. The van der Waals surface area contributed by atoms with Gasteiger partial charge in [0.25, 0.3) is 5.56 Å². The second kappa shape index (κ2) is 4.37. The summed E-state index contributed by atoms with van der Waals surface area (Å²) in [6.07, 6.45) is 0. The Labute approximate surface area is 98.8 Å². The third-order valence-electron chi connectivity index (χ3n) is 2.50. The van der Waals surface area contributed by atoms with Crippen molar-refractivity contribution in [3.05, 3.63) is 45.9 Å². The second-order valence-electron chi connectivity index (χ2n) is 3.99. The number of azo groups is 1. The van der Waals surface area contributed by atoms with Crippen LogP contribution in [0.1, 0.15) is 11.3 Å². The monoisotopic (exact) mass is 230 g/mol. The third-order valence-corrected chi connectivity index (χ3v) is 2.50. The fourth-order valence-electron chi connectivity index (χ4n) is 1.51. The van der Waals surface area contributed by atoms with Gasteiger partial charge in [-0.2, -0.15) is 5.11 Å². The van der Waals surface area contributed by atoms with E-state index in [2.05, 4.69) is 15.3 Å². The molecule has 5 nitrogen and oxygen atoms in total. The first-order valence-corrected chi connectivity index (χ1v) is 5.32. The van der Waals surface area contributed by atoms with Crippen molar-refractivity contribution >= 4 is 11.4 Å². The number of aromatic amines is 1. The minimum absolute atomic E-state index is 0.168. The van der Waals surface area contributed by atoms with E-state index in [1.807, 2.05) is 31.2 Å². The largest absolute Gasteiger partial charge is 0.298 e. The molecule has 0 atom stereocenters. The van der Waals surface area contributed by atoms with Gasteiger partial charge in [-0.05, 0) is 26.0 Å². The van der Waals surface area contributed by atoms with Crippen LogP contribution in [0.15, 0.2) is 39.3 Å².